The van der Waals surface area contributed by atoms with E-state index >= 15 is 0 Å². The van der Waals surface area contributed by atoms with E-state index in [9.17, 15) is 4.79 Å². The van der Waals surface area contributed by atoms with Gasteiger partial charge in [0.05, 0.1) is 17.8 Å². The van der Waals surface area contributed by atoms with Crippen LogP contribution in [-0.2, 0) is 11.2 Å². The Hall–Kier alpha value is -1.97. The fourth-order valence-electron chi connectivity index (χ4n) is 1.57. The maximum atomic E-state index is 10.6. The van der Waals surface area contributed by atoms with Crippen molar-refractivity contribution in [3.8, 4) is 0 Å². The predicted octanol–water partition coefficient (Wildman–Crippen LogP) is 1.57. The Morgan fingerprint density at radius 3 is 2.60 bits per heavy atom. The van der Waals surface area contributed by atoms with Crippen molar-refractivity contribution in [2.45, 2.75) is 13.3 Å². The van der Waals surface area contributed by atoms with Crippen molar-refractivity contribution in [3.05, 3.63) is 35.7 Å². The molecule has 0 fully saturated rings. The minimum absolute atomic E-state index is 0.0895. The number of carboxylic acid groups (broad SMARTS) is 1. The van der Waals surface area contributed by atoms with Crippen molar-refractivity contribution in [2.24, 2.45) is 0 Å². The lowest BCUT2D eigenvalue weighted by atomic mass is 10.1. The van der Waals surface area contributed by atoms with Crippen LogP contribution >= 0.6 is 0 Å². The highest BCUT2D eigenvalue weighted by Crippen LogP contribution is 2.18. The summed E-state index contributed by atoms with van der Waals surface area (Å²) in [6, 6.07) is 7.57. The van der Waals surface area contributed by atoms with Crippen LogP contribution in [-0.4, -0.2) is 21.3 Å². The third kappa shape index (κ3) is 1.79. The Labute approximate surface area is 86.6 Å². The van der Waals surface area contributed by atoms with Crippen molar-refractivity contribution in [1.29, 1.82) is 0 Å². The van der Waals surface area contributed by atoms with E-state index in [2.05, 4.69) is 10.2 Å². The Bertz CT molecular complexity index is 523. The third-order valence-corrected chi connectivity index (χ3v) is 2.27. The van der Waals surface area contributed by atoms with Gasteiger partial charge < -0.3 is 5.11 Å². The van der Waals surface area contributed by atoms with Gasteiger partial charge in [-0.2, -0.15) is 10.2 Å². The first-order valence-corrected chi connectivity index (χ1v) is 4.61. The van der Waals surface area contributed by atoms with Crippen molar-refractivity contribution in [1.82, 2.24) is 10.2 Å². The average Bonchev–Trinajstić information content (AvgIpc) is 2.22. The summed E-state index contributed by atoms with van der Waals surface area (Å²) >= 11 is 0. The van der Waals surface area contributed by atoms with Crippen LogP contribution in [0.5, 0.6) is 0 Å². The molecule has 0 unspecified atom stereocenters. The van der Waals surface area contributed by atoms with E-state index in [0.717, 1.165) is 16.5 Å². The van der Waals surface area contributed by atoms with Crippen LogP contribution in [0.3, 0.4) is 0 Å². The molecule has 0 saturated carbocycles. The Kier molecular flexibility index (Phi) is 2.33. The summed E-state index contributed by atoms with van der Waals surface area (Å²) in [6.07, 6.45) is -0.0895. The quantitative estimate of drug-likeness (QED) is 0.802. The summed E-state index contributed by atoms with van der Waals surface area (Å²) in [4.78, 5) is 10.6. The van der Waals surface area contributed by atoms with E-state index in [1.807, 2.05) is 31.2 Å². The molecular formula is C11H10N2O2. The molecule has 0 bridgehead atoms. The highest BCUT2D eigenvalue weighted by molar-refractivity contribution is 5.88. The second kappa shape index (κ2) is 3.65. The van der Waals surface area contributed by atoms with Gasteiger partial charge in [-0.15, -0.1) is 0 Å². The zero-order valence-corrected chi connectivity index (χ0v) is 8.27. The molecule has 0 spiro atoms. The second-order valence-electron chi connectivity index (χ2n) is 3.35. The lowest BCUT2D eigenvalue weighted by Crippen LogP contribution is -2.05. The molecule has 2 aromatic rings. The van der Waals surface area contributed by atoms with Crippen LogP contribution in [0.15, 0.2) is 24.3 Å². The minimum atomic E-state index is -0.890. The van der Waals surface area contributed by atoms with Crippen molar-refractivity contribution < 1.29 is 9.90 Å². The molecule has 2 rings (SSSR count). The van der Waals surface area contributed by atoms with E-state index in [1.54, 1.807) is 0 Å². The molecule has 76 valence electrons. The number of aromatic nitrogens is 2. The lowest BCUT2D eigenvalue weighted by molar-refractivity contribution is -0.136. The smallest absolute Gasteiger partial charge is 0.309 e. The normalized spacial score (nSPS) is 10.5. The van der Waals surface area contributed by atoms with Crippen molar-refractivity contribution in [2.75, 3.05) is 0 Å². The summed E-state index contributed by atoms with van der Waals surface area (Å²) in [5, 5.41) is 18.4. The molecule has 0 aliphatic rings. The summed E-state index contributed by atoms with van der Waals surface area (Å²) in [7, 11) is 0. The fourth-order valence-corrected chi connectivity index (χ4v) is 1.57. The number of benzene rings is 1. The molecule has 0 aliphatic heterocycles. The largest absolute Gasteiger partial charge is 0.481 e. The number of carboxylic acids is 1. The van der Waals surface area contributed by atoms with Crippen LogP contribution in [0.2, 0.25) is 0 Å². The van der Waals surface area contributed by atoms with Gasteiger partial charge in [-0.25, -0.2) is 0 Å². The first-order valence-electron chi connectivity index (χ1n) is 4.61. The number of aliphatic carboxylic acids is 1. The summed E-state index contributed by atoms with van der Waals surface area (Å²) in [5.74, 6) is -0.890. The number of hydrogen-bond donors (Lipinski definition) is 1. The molecule has 1 aromatic heterocycles. The number of nitrogens with zero attached hydrogens (tertiary/aromatic N) is 2. The van der Waals surface area contributed by atoms with E-state index in [1.165, 1.54) is 0 Å². The number of carbonyl (C=O) groups is 1. The van der Waals surface area contributed by atoms with E-state index in [-0.39, 0.29) is 6.42 Å². The molecule has 0 atom stereocenters. The van der Waals surface area contributed by atoms with Gasteiger partial charge in [0.1, 0.15) is 0 Å². The van der Waals surface area contributed by atoms with Gasteiger partial charge in [-0.1, -0.05) is 24.3 Å². The Morgan fingerprint density at radius 2 is 1.93 bits per heavy atom. The molecule has 15 heavy (non-hydrogen) atoms. The molecule has 0 radical (unpaired) electrons. The standard InChI is InChI=1S/C11H10N2O2/c1-7-8-4-2-3-5-9(8)10(13-12-7)6-11(14)15/h2-5H,6H2,1H3,(H,14,15). The van der Waals surface area contributed by atoms with E-state index in [0.29, 0.717) is 5.69 Å². The summed E-state index contributed by atoms with van der Waals surface area (Å²) < 4.78 is 0. The maximum absolute atomic E-state index is 10.6. The van der Waals surface area contributed by atoms with Crippen LogP contribution in [0.4, 0.5) is 0 Å². The molecule has 1 N–H and O–H groups in total. The topological polar surface area (TPSA) is 63.1 Å². The second-order valence-corrected chi connectivity index (χ2v) is 3.35. The Balaban J connectivity index is 2.66. The average molecular weight is 202 g/mol. The summed E-state index contributed by atoms with van der Waals surface area (Å²) in [6.45, 7) is 1.86. The number of hydrogen-bond acceptors (Lipinski definition) is 3. The molecule has 1 aromatic carbocycles. The lowest BCUT2D eigenvalue weighted by Gasteiger charge is -2.04. The molecule has 0 amide bonds. The fraction of sp³-hybridized carbons (Fsp3) is 0.182. The Morgan fingerprint density at radius 1 is 1.27 bits per heavy atom. The number of fused-ring (bicyclic) bond motifs is 1. The summed E-state index contributed by atoms with van der Waals surface area (Å²) in [5.41, 5.74) is 1.34. The van der Waals surface area contributed by atoms with Gasteiger partial charge in [0.15, 0.2) is 0 Å². The zero-order valence-electron chi connectivity index (χ0n) is 8.27. The molecule has 0 aliphatic carbocycles. The minimum Gasteiger partial charge on any atom is -0.481 e. The van der Waals surface area contributed by atoms with E-state index < -0.39 is 5.97 Å². The molecule has 0 saturated heterocycles. The van der Waals surface area contributed by atoms with Crippen molar-refractivity contribution in [3.63, 3.8) is 0 Å². The van der Waals surface area contributed by atoms with Crippen LogP contribution in [0, 0.1) is 6.92 Å². The van der Waals surface area contributed by atoms with Gasteiger partial charge >= 0.3 is 5.97 Å². The number of aryl methyl sites for hydroxylation is 1. The maximum Gasteiger partial charge on any atom is 0.309 e. The third-order valence-electron chi connectivity index (χ3n) is 2.27. The molecule has 1 heterocycles. The van der Waals surface area contributed by atoms with Crippen LogP contribution < -0.4 is 0 Å². The molecular weight excluding hydrogens is 192 g/mol. The van der Waals surface area contributed by atoms with Gasteiger partial charge in [0.25, 0.3) is 0 Å². The van der Waals surface area contributed by atoms with Crippen molar-refractivity contribution >= 4 is 16.7 Å². The van der Waals surface area contributed by atoms with E-state index in [4.69, 9.17) is 5.11 Å². The highest BCUT2D eigenvalue weighted by Gasteiger charge is 2.08. The van der Waals surface area contributed by atoms with Gasteiger partial charge in [0.2, 0.25) is 0 Å². The van der Waals surface area contributed by atoms with Crippen LogP contribution in [0.25, 0.3) is 10.8 Å². The SMILES string of the molecule is Cc1nnc(CC(=O)O)c2ccccc12. The number of rotatable bonds is 2. The van der Waals surface area contributed by atoms with Gasteiger partial charge in [0, 0.05) is 10.8 Å². The monoisotopic (exact) mass is 202 g/mol. The van der Waals surface area contributed by atoms with Crippen LogP contribution in [0.1, 0.15) is 11.4 Å². The van der Waals surface area contributed by atoms with Gasteiger partial charge in [-0.3, -0.25) is 4.79 Å². The predicted molar refractivity (Wildman–Crippen MR) is 55.6 cm³/mol. The van der Waals surface area contributed by atoms with Gasteiger partial charge in [-0.05, 0) is 6.92 Å². The zero-order chi connectivity index (χ0) is 10.8. The first-order chi connectivity index (χ1) is 7.18. The molecule has 4 nitrogen and oxygen atoms in total. The highest BCUT2D eigenvalue weighted by atomic mass is 16.4. The molecule has 4 heteroatoms. The first kappa shape index (κ1) is 9.58.